The minimum absolute atomic E-state index is 0.264. The van der Waals surface area contributed by atoms with E-state index in [9.17, 15) is 4.79 Å². The lowest BCUT2D eigenvalue weighted by atomic mass is 9.92. The molecule has 2 heterocycles. The van der Waals surface area contributed by atoms with Crippen molar-refractivity contribution in [2.24, 2.45) is 5.92 Å². The molecule has 1 amide bonds. The van der Waals surface area contributed by atoms with E-state index in [1.165, 1.54) is 36.9 Å². The summed E-state index contributed by atoms with van der Waals surface area (Å²) in [6.45, 7) is 2.07. The molecule has 1 saturated carbocycles. The van der Waals surface area contributed by atoms with Crippen molar-refractivity contribution in [2.75, 3.05) is 18.0 Å². The van der Waals surface area contributed by atoms with Gasteiger partial charge in [-0.1, -0.05) is 25.0 Å². The van der Waals surface area contributed by atoms with Crippen LogP contribution in [0.2, 0.25) is 0 Å². The summed E-state index contributed by atoms with van der Waals surface area (Å²) in [5, 5.41) is 10.1. The quantitative estimate of drug-likeness (QED) is 0.862. The van der Waals surface area contributed by atoms with Crippen LogP contribution in [0.5, 0.6) is 0 Å². The molecule has 2 aliphatic rings. The van der Waals surface area contributed by atoms with Gasteiger partial charge in [-0.15, -0.1) is 0 Å². The van der Waals surface area contributed by atoms with Crippen LogP contribution in [0, 0.1) is 5.92 Å². The molecule has 2 N–H and O–H groups in total. The van der Waals surface area contributed by atoms with Crippen LogP contribution >= 0.6 is 0 Å². The highest BCUT2D eigenvalue weighted by Gasteiger charge is 2.23. The lowest BCUT2D eigenvalue weighted by molar-refractivity contribution is -0.122. The zero-order valence-corrected chi connectivity index (χ0v) is 15.3. The first kappa shape index (κ1) is 17.1. The number of nitrogens with zero attached hydrogens (tertiary/aromatic N) is 2. The van der Waals surface area contributed by atoms with E-state index in [0.717, 1.165) is 31.5 Å². The zero-order chi connectivity index (χ0) is 17.8. The normalized spacial score (nSPS) is 19.0. The predicted octanol–water partition coefficient (Wildman–Crippen LogP) is 3.74. The van der Waals surface area contributed by atoms with Gasteiger partial charge in [0.05, 0.1) is 6.20 Å². The topological polar surface area (TPSA) is 61.0 Å². The summed E-state index contributed by atoms with van der Waals surface area (Å²) in [6, 6.07) is 9.13. The van der Waals surface area contributed by atoms with Gasteiger partial charge in [0, 0.05) is 43.0 Å². The Balaban J connectivity index is 1.26. The van der Waals surface area contributed by atoms with Crippen LogP contribution in [0.15, 0.2) is 36.7 Å². The maximum absolute atomic E-state index is 12.2. The molecule has 0 bridgehead atoms. The Bertz CT molecular complexity index is 696. The van der Waals surface area contributed by atoms with E-state index in [4.69, 9.17) is 0 Å². The highest BCUT2D eigenvalue weighted by Crippen LogP contribution is 2.27. The van der Waals surface area contributed by atoms with Gasteiger partial charge in [-0.25, -0.2) is 0 Å². The van der Waals surface area contributed by atoms with Crippen molar-refractivity contribution in [2.45, 2.75) is 51.0 Å². The average molecular weight is 352 g/mol. The number of anilines is 1. The monoisotopic (exact) mass is 352 g/mol. The van der Waals surface area contributed by atoms with E-state index >= 15 is 0 Å². The third-order valence-corrected chi connectivity index (χ3v) is 5.87. The summed E-state index contributed by atoms with van der Waals surface area (Å²) in [5.74, 6) is 0.790. The molecule has 0 atom stereocenters. The molecular formula is C21H28N4O. The molecular weight excluding hydrogens is 324 g/mol. The maximum atomic E-state index is 12.2. The Morgan fingerprint density at radius 2 is 1.81 bits per heavy atom. The first-order valence-corrected chi connectivity index (χ1v) is 9.91. The molecule has 1 aliphatic heterocycles. The van der Waals surface area contributed by atoms with Crippen LogP contribution in [0.25, 0.3) is 11.1 Å². The number of hydrogen-bond donors (Lipinski definition) is 2. The van der Waals surface area contributed by atoms with Crippen molar-refractivity contribution in [1.29, 1.82) is 0 Å². The van der Waals surface area contributed by atoms with Crippen LogP contribution in [-0.2, 0) is 4.79 Å². The van der Waals surface area contributed by atoms with Gasteiger partial charge >= 0.3 is 0 Å². The van der Waals surface area contributed by atoms with Gasteiger partial charge in [0.15, 0.2) is 0 Å². The minimum Gasteiger partial charge on any atom is -0.372 e. The predicted molar refractivity (Wildman–Crippen MR) is 104 cm³/mol. The van der Waals surface area contributed by atoms with Gasteiger partial charge in [0.25, 0.3) is 0 Å². The lowest BCUT2D eigenvalue weighted by Gasteiger charge is -2.33. The van der Waals surface area contributed by atoms with Crippen LogP contribution < -0.4 is 10.2 Å². The molecule has 4 rings (SSSR count). The smallest absolute Gasteiger partial charge is 0.220 e. The number of carbonyl (C=O) groups is 1. The van der Waals surface area contributed by atoms with E-state index in [2.05, 4.69) is 44.7 Å². The summed E-state index contributed by atoms with van der Waals surface area (Å²) in [4.78, 5) is 14.7. The molecule has 0 unspecified atom stereocenters. The van der Waals surface area contributed by atoms with E-state index < -0.39 is 0 Å². The van der Waals surface area contributed by atoms with Crippen molar-refractivity contribution in [1.82, 2.24) is 15.5 Å². The standard InChI is InChI=1S/C21H28N4O/c26-21(24-19-3-1-2-4-19)13-16-9-11-25(12-10-16)20-7-5-17(6-8-20)18-14-22-23-15-18/h5-8,14-16,19H,1-4,9-13H2,(H,22,23)(H,24,26). The number of piperidine rings is 1. The van der Waals surface area contributed by atoms with E-state index in [-0.39, 0.29) is 5.91 Å². The fourth-order valence-corrected chi connectivity index (χ4v) is 4.29. The summed E-state index contributed by atoms with van der Waals surface area (Å²) < 4.78 is 0. The van der Waals surface area contributed by atoms with Crippen LogP contribution in [0.3, 0.4) is 0 Å². The minimum atomic E-state index is 0.264. The van der Waals surface area contributed by atoms with Crippen molar-refractivity contribution < 1.29 is 4.79 Å². The lowest BCUT2D eigenvalue weighted by Crippen LogP contribution is -2.38. The Morgan fingerprint density at radius 3 is 2.46 bits per heavy atom. The highest BCUT2D eigenvalue weighted by molar-refractivity contribution is 5.76. The number of aromatic nitrogens is 2. The molecule has 1 aromatic heterocycles. The van der Waals surface area contributed by atoms with Gasteiger partial charge in [-0.05, 0) is 49.3 Å². The van der Waals surface area contributed by atoms with Crippen molar-refractivity contribution in [3.8, 4) is 11.1 Å². The second-order valence-electron chi connectivity index (χ2n) is 7.72. The summed E-state index contributed by atoms with van der Waals surface area (Å²) in [7, 11) is 0. The van der Waals surface area contributed by atoms with Gasteiger partial charge in [-0.2, -0.15) is 5.10 Å². The first-order valence-electron chi connectivity index (χ1n) is 9.91. The fourth-order valence-electron chi connectivity index (χ4n) is 4.29. The number of aromatic amines is 1. The molecule has 1 aliphatic carbocycles. The van der Waals surface area contributed by atoms with Gasteiger partial charge in [0.2, 0.25) is 5.91 Å². The zero-order valence-electron chi connectivity index (χ0n) is 15.3. The molecule has 1 saturated heterocycles. The van der Waals surface area contributed by atoms with Crippen molar-refractivity contribution in [3.63, 3.8) is 0 Å². The number of nitrogens with one attached hydrogen (secondary N) is 2. The number of amides is 1. The molecule has 2 aromatic rings. The van der Waals surface area contributed by atoms with Gasteiger partial charge < -0.3 is 10.2 Å². The Hall–Kier alpha value is -2.30. The molecule has 2 fully saturated rings. The van der Waals surface area contributed by atoms with E-state index in [1.807, 2.05) is 12.4 Å². The largest absolute Gasteiger partial charge is 0.372 e. The summed E-state index contributed by atoms with van der Waals surface area (Å²) >= 11 is 0. The number of carbonyl (C=O) groups excluding carboxylic acids is 1. The third-order valence-electron chi connectivity index (χ3n) is 5.87. The van der Waals surface area contributed by atoms with Gasteiger partial charge in [-0.3, -0.25) is 9.89 Å². The second kappa shape index (κ2) is 7.94. The fraction of sp³-hybridized carbons (Fsp3) is 0.524. The number of hydrogen-bond acceptors (Lipinski definition) is 3. The van der Waals surface area contributed by atoms with Crippen molar-refractivity contribution >= 4 is 11.6 Å². The van der Waals surface area contributed by atoms with Crippen LogP contribution in [0.4, 0.5) is 5.69 Å². The number of H-pyrrole nitrogens is 1. The Labute approximate surface area is 155 Å². The SMILES string of the molecule is O=C(CC1CCN(c2ccc(-c3cn[nH]c3)cc2)CC1)NC1CCCC1. The summed E-state index contributed by atoms with van der Waals surface area (Å²) in [6.07, 6.45) is 11.5. The molecule has 26 heavy (non-hydrogen) atoms. The molecule has 5 heteroatoms. The van der Waals surface area contributed by atoms with Crippen molar-refractivity contribution in [3.05, 3.63) is 36.7 Å². The van der Waals surface area contributed by atoms with E-state index in [1.54, 1.807) is 0 Å². The molecule has 1 aromatic carbocycles. The Kier molecular flexibility index (Phi) is 5.23. The highest BCUT2D eigenvalue weighted by atomic mass is 16.1. The van der Waals surface area contributed by atoms with Crippen LogP contribution in [-0.4, -0.2) is 35.2 Å². The number of rotatable bonds is 5. The third kappa shape index (κ3) is 4.09. The molecule has 0 spiro atoms. The van der Waals surface area contributed by atoms with Crippen LogP contribution in [0.1, 0.15) is 44.9 Å². The first-order chi connectivity index (χ1) is 12.8. The molecule has 0 radical (unpaired) electrons. The second-order valence-corrected chi connectivity index (χ2v) is 7.72. The van der Waals surface area contributed by atoms with E-state index in [0.29, 0.717) is 18.4 Å². The Morgan fingerprint density at radius 1 is 1.08 bits per heavy atom. The molecule has 138 valence electrons. The molecule has 5 nitrogen and oxygen atoms in total. The summed E-state index contributed by atoms with van der Waals surface area (Å²) in [5.41, 5.74) is 3.57. The maximum Gasteiger partial charge on any atom is 0.220 e. The van der Waals surface area contributed by atoms with Gasteiger partial charge in [0.1, 0.15) is 0 Å². The average Bonchev–Trinajstić information content (AvgIpc) is 3.36. The number of benzene rings is 1.